The molecule has 2 rings (SSSR count). The number of nitrogens with zero attached hydrogens (tertiary/aromatic N) is 2. The Bertz CT molecular complexity index is 743. The number of hydrogen-bond donors (Lipinski definition) is 2. The summed E-state index contributed by atoms with van der Waals surface area (Å²) in [4.78, 5) is 38.8. The van der Waals surface area contributed by atoms with Crippen molar-refractivity contribution in [1.29, 1.82) is 0 Å². The Hall–Kier alpha value is -2.68. The van der Waals surface area contributed by atoms with Crippen molar-refractivity contribution in [2.75, 3.05) is 0 Å². The van der Waals surface area contributed by atoms with Crippen LogP contribution in [0.1, 0.15) is 10.4 Å². The molecule has 1 heterocycles. The van der Waals surface area contributed by atoms with Crippen molar-refractivity contribution in [3.05, 3.63) is 56.5 Å². The zero-order valence-corrected chi connectivity index (χ0v) is 10.6. The van der Waals surface area contributed by atoms with Crippen LogP contribution < -0.4 is 5.56 Å². The second-order valence-electron chi connectivity index (χ2n) is 3.58. The highest BCUT2D eigenvalue weighted by molar-refractivity contribution is 7.99. The average molecular weight is 293 g/mol. The van der Waals surface area contributed by atoms with Crippen molar-refractivity contribution in [3.63, 3.8) is 0 Å². The van der Waals surface area contributed by atoms with Gasteiger partial charge in [0.05, 0.1) is 4.92 Å². The SMILES string of the molecule is O=C(O)c1ccc(Sc2nccc(=O)[nH]2)cc1[N+](=O)[O-]. The fourth-order valence-corrected chi connectivity index (χ4v) is 2.22. The maximum atomic E-state index is 11.1. The van der Waals surface area contributed by atoms with E-state index in [0.717, 1.165) is 23.9 Å². The zero-order chi connectivity index (χ0) is 14.7. The third-order valence-corrected chi connectivity index (χ3v) is 3.15. The molecule has 0 aliphatic rings. The van der Waals surface area contributed by atoms with E-state index in [0.29, 0.717) is 4.90 Å². The highest BCUT2D eigenvalue weighted by Crippen LogP contribution is 2.29. The van der Waals surface area contributed by atoms with Gasteiger partial charge in [0.25, 0.3) is 11.2 Å². The Morgan fingerprint density at radius 2 is 2.15 bits per heavy atom. The number of carboxylic acids is 1. The fourth-order valence-electron chi connectivity index (χ4n) is 1.42. The molecule has 9 heteroatoms. The molecule has 0 aliphatic heterocycles. The molecule has 0 saturated carbocycles. The number of rotatable bonds is 4. The smallest absolute Gasteiger partial charge is 0.342 e. The molecule has 0 radical (unpaired) electrons. The van der Waals surface area contributed by atoms with Crippen molar-refractivity contribution in [1.82, 2.24) is 9.97 Å². The van der Waals surface area contributed by atoms with E-state index >= 15 is 0 Å². The number of benzene rings is 1. The summed E-state index contributed by atoms with van der Waals surface area (Å²) >= 11 is 0.990. The van der Waals surface area contributed by atoms with Gasteiger partial charge in [-0.05, 0) is 12.1 Å². The number of aromatic amines is 1. The van der Waals surface area contributed by atoms with Gasteiger partial charge in [-0.15, -0.1) is 0 Å². The van der Waals surface area contributed by atoms with Crippen molar-refractivity contribution in [2.45, 2.75) is 10.1 Å². The van der Waals surface area contributed by atoms with Crippen LogP contribution in [0, 0.1) is 10.1 Å². The van der Waals surface area contributed by atoms with Crippen molar-refractivity contribution in [3.8, 4) is 0 Å². The molecular weight excluding hydrogens is 286 g/mol. The monoisotopic (exact) mass is 293 g/mol. The number of H-pyrrole nitrogens is 1. The van der Waals surface area contributed by atoms with Crippen LogP contribution in [0.2, 0.25) is 0 Å². The zero-order valence-electron chi connectivity index (χ0n) is 9.77. The van der Waals surface area contributed by atoms with E-state index in [1.165, 1.54) is 18.3 Å². The van der Waals surface area contributed by atoms with Crippen molar-refractivity contribution in [2.24, 2.45) is 0 Å². The lowest BCUT2D eigenvalue weighted by atomic mass is 10.2. The van der Waals surface area contributed by atoms with Gasteiger partial charge < -0.3 is 10.1 Å². The van der Waals surface area contributed by atoms with Crippen LogP contribution in [0.5, 0.6) is 0 Å². The van der Waals surface area contributed by atoms with Gasteiger partial charge in [0.1, 0.15) is 5.56 Å². The number of nitro benzene ring substituents is 1. The number of aromatic carboxylic acids is 1. The first kappa shape index (κ1) is 13.7. The van der Waals surface area contributed by atoms with E-state index in [2.05, 4.69) is 9.97 Å². The van der Waals surface area contributed by atoms with Gasteiger partial charge in [-0.25, -0.2) is 9.78 Å². The molecule has 2 aromatic rings. The first-order valence-corrected chi connectivity index (χ1v) is 6.04. The molecule has 8 nitrogen and oxygen atoms in total. The molecule has 0 saturated heterocycles. The van der Waals surface area contributed by atoms with E-state index in [-0.39, 0.29) is 10.7 Å². The van der Waals surface area contributed by atoms with Crippen molar-refractivity contribution >= 4 is 23.4 Å². The van der Waals surface area contributed by atoms with E-state index in [1.54, 1.807) is 0 Å². The van der Waals surface area contributed by atoms with E-state index in [9.17, 15) is 19.7 Å². The van der Waals surface area contributed by atoms with Gasteiger partial charge in [-0.3, -0.25) is 14.9 Å². The molecule has 20 heavy (non-hydrogen) atoms. The van der Waals surface area contributed by atoms with Crippen LogP contribution in [0.4, 0.5) is 5.69 Å². The number of nitrogens with one attached hydrogen (secondary N) is 1. The Morgan fingerprint density at radius 1 is 1.40 bits per heavy atom. The van der Waals surface area contributed by atoms with E-state index in [1.807, 2.05) is 0 Å². The normalized spacial score (nSPS) is 10.2. The van der Waals surface area contributed by atoms with Crippen LogP contribution in [0.3, 0.4) is 0 Å². The molecule has 1 aromatic heterocycles. The van der Waals surface area contributed by atoms with Crippen LogP contribution in [-0.2, 0) is 0 Å². The van der Waals surface area contributed by atoms with Gasteiger partial charge in [0, 0.05) is 23.2 Å². The van der Waals surface area contributed by atoms with Crippen LogP contribution in [-0.4, -0.2) is 26.0 Å². The van der Waals surface area contributed by atoms with Gasteiger partial charge in [-0.1, -0.05) is 11.8 Å². The summed E-state index contributed by atoms with van der Waals surface area (Å²) in [6, 6.07) is 4.92. The summed E-state index contributed by atoms with van der Waals surface area (Å²) in [5.74, 6) is -1.38. The summed E-state index contributed by atoms with van der Waals surface area (Å²) < 4.78 is 0. The minimum atomic E-state index is -1.38. The summed E-state index contributed by atoms with van der Waals surface area (Å²) in [6.07, 6.45) is 1.31. The number of hydrogen-bond acceptors (Lipinski definition) is 6. The van der Waals surface area contributed by atoms with E-state index < -0.39 is 22.1 Å². The summed E-state index contributed by atoms with van der Waals surface area (Å²) in [5.41, 5.74) is -1.26. The minimum absolute atomic E-state index is 0.259. The number of nitro groups is 1. The second-order valence-corrected chi connectivity index (χ2v) is 4.64. The van der Waals surface area contributed by atoms with Gasteiger partial charge >= 0.3 is 5.97 Å². The van der Waals surface area contributed by atoms with Crippen LogP contribution in [0.25, 0.3) is 0 Å². The topological polar surface area (TPSA) is 126 Å². The Balaban J connectivity index is 2.39. The summed E-state index contributed by atoms with van der Waals surface area (Å²) in [7, 11) is 0. The first-order chi connectivity index (χ1) is 9.47. The Kier molecular flexibility index (Phi) is 3.80. The highest BCUT2D eigenvalue weighted by Gasteiger charge is 2.20. The second kappa shape index (κ2) is 5.53. The Labute approximate surface area is 115 Å². The maximum Gasteiger partial charge on any atom is 0.342 e. The highest BCUT2D eigenvalue weighted by atomic mass is 32.2. The summed E-state index contributed by atoms with van der Waals surface area (Å²) in [5, 5.41) is 20.0. The molecule has 102 valence electrons. The third-order valence-electron chi connectivity index (χ3n) is 2.26. The van der Waals surface area contributed by atoms with Gasteiger partial charge in [0.2, 0.25) is 0 Å². The standard InChI is InChI=1S/C11H7N3O5S/c15-9-3-4-12-11(13-9)20-6-1-2-7(10(16)17)8(5-6)14(18)19/h1-5H,(H,16,17)(H,12,13,15). The lowest BCUT2D eigenvalue weighted by molar-refractivity contribution is -0.385. The average Bonchev–Trinajstić information content (AvgIpc) is 2.38. The molecule has 0 amide bonds. The fraction of sp³-hybridized carbons (Fsp3) is 0. The molecule has 2 N–H and O–H groups in total. The lowest BCUT2D eigenvalue weighted by Gasteiger charge is -2.02. The molecule has 0 aliphatic carbocycles. The molecule has 0 spiro atoms. The quantitative estimate of drug-likeness (QED) is 0.497. The molecular formula is C11H7N3O5S. The largest absolute Gasteiger partial charge is 0.477 e. The minimum Gasteiger partial charge on any atom is -0.477 e. The first-order valence-electron chi connectivity index (χ1n) is 5.22. The molecule has 0 bridgehead atoms. The molecule has 0 atom stereocenters. The van der Waals surface area contributed by atoms with E-state index in [4.69, 9.17) is 5.11 Å². The summed E-state index contributed by atoms with van der Waals surface area (Å²) in [6.45, 7) is 0. The number of aromatic nitrogens is 2. The maximum absolute atomic E-state index is 11.1. The third kappa shape index (κ3) is 3.01. The van der Waals surface area contributed by atoms with Crippen LogP contribution in [0.15, 0.2) is 45.3 Å². The molecule has 0 unspecified atom stereocenters. The molecule has 1 aromatic carbocycles. The van der Waals surface area contributed by atoms with Crippen LogP contribution >= 0.6 is 11.8 Å². The van der Waals surface area contributed by atoms with Gasteiger partial charge in [-0.2, -0.15) is 0 Å². The predicted octanol–water partition coefficient (Wildman–Crippen LogP) is 1.53. The number of carbonyl (C=O) groups is 1. The lowest BCUT2D eigenvalue weighted by Crippen LogP contribution is -2.05. The number of carboxylic acid groups (broad SMARTS) is 1. The Morgan fingerprint density at radius 3 is 2.75 bits per heavy atom. The molecule has 0 fully saturated rings. The van der Waals surface area contributed by atoms with Crippen molar-refractivity contribution < 1.29 is 14.8 Å². The predicted molar refractivity (Wildman–Crippen MR) is 69.0 cm³/mol. The van der Waals surface area contributed by atoms with Gasteiger partial charge in [0.15, 0.2) is 5.16 Å².